The molecule has 0 saturated carbocycles. The van der Waals surface area contributed by atoms with Gasteiger partial charge in [-0.05, 0) is 43.2 Å². The molecule has 1 aliphatic heterocycles. The predicted molar refractivity (Wildman–Crippen MR) is 108 cm³/mol. The Bertz CT molecular complexity index is 1220. The fraction of sp³-hybridized carbons (Fsp3) is 0.211. The van der Waals surface area contributed by atoms with Gasteiger partial charge in [0, 0.05) is 18.7 Å². The number of rotatable bonds is 3. The lowest BCUT2D eigenvalue weighted by Crippen LogP contribution is -2.21. The van der Waals surface area contributed by atoms with E-state index in [0.717, 1.165) is 47.4 Å². The van der Waals surface area contributed by atoms with E-state index in [2.05, 4.69) is 25.2 Å². The third kappa shape index (κ3) is 2.87. The van der Waals surface area contributed by atoms with E-state index in [1.165, 1.54) is 11.3 Å². The lowest BCUT2D eigenvalue weighted by atomic mass is 10.1. The van der Waals surface area contributed by atoms with Crippen LogP contribution in [0.1, 0.15) is 23.2 Å². The van der Waals surface area contributed by atoms with Crippen molar-refractivity contribution in [2.75, 3.05) is 23.3 Å². The van der Waals surface area contributed by atoms with E-state index in [1.54, 1.807) is 11.6 Å². The molecule has 0 radical (unpaired) electrons. The number of fused-ring (bicyclic) bond motifs is 2. The predicted octanol–water partition coefficient (Wildman–Crippen LogP) is 3.32. The van der Waals surface area contributed by atoms with Gasteiger partial charge >= 0.3 is 5.69 Å². The van der Waals surface area contributed by atoms with Gasteiger partial charge in [0.1, 0.15) is 0 Å². The van der Waals surface area contributed by atoms with Gasteiger partial charge in [-0.25, -0.2) is 9.78 Å². The van der Waals surface area contributed by atoms with Gasteiger partial charge in [0.25, 0.3) is 5.91 Å². The molecule has 3 heterocycles. The van der Waals surface area contributed by atoms with E-state index in [0.29, 0.717) is 16.8 Å². The smallest absolute Gasteiger partial charge is 0.323 e. The average molecular weight is 379 g/mol. The number of carbonyl (C=O) groups is 1. The largest absolute Gasteiger partial charge is 0.370 e. The minimum absolute atomic E-state index is 0.178. The Kier molecular flexibility index (Phi) is 3.71. The van der Waals surface area contributed by atoms with Crippen LogP contribution in [0.3, 0.4) is 0 Å². The number of thiazole rings is 1. The van der Waals surface area contributed by atoms with Gasteiger partial charge in [0.05, 0.1) is 38.1 Å². The van der Waals surface area contributed by atoms with Crippen molar-refractivity contribution in [2.45, 2.75) is 12.8 Å². The molecule has 0 bridgehead atoms. The molecule has 4 aromatic rings. The highest BCUT2D eigenvalue weighted by Gasteiger charge is 2.19. The zero-order valence-corrected chi connectivity index (χ0v) is 15.2. The minimum atomic E-state index is -0.253. The van der Waals surface area contributed by atoms with Crippen LogP contribution in [0, 0.1) is 0 Å². The molecule has 1 fully saturated rings. The summed E-state index contributed by atoms with van der Waals surface area (Å²) in [5, 5.41) is 3.03. The zero-order chi connectivity index (χ0) is 18.4. The summed E-state index contributed by atoms with van der Waals surface area (Å²) in [5.41, 5.74) is 6.05. The maximum absolute atomic E-state index is 12.9. The molecular weight excluding hydrogens is 362 g/mol. The molecule has 0 unspecified atom stereocenters. The quantitative estimate of drug-likeness (QED) is 0.509. The molecule has 0 aliphatic carbocycles. The van der Waals surface area contributed by atoms with Crippen molar-refractivity contribution < 1.29 is 4.79 Å². The second kappa shape index (κ2) is 6.24. The highest BCUT2D eigenvalue weighted by atomic mass is 32.1. The number of nitrogens with one attached hydrogen (secondary N) is 3. The van der Waals surface area contributed by atoms with E-state index in [-0.39, 0.29) is 11.6 Å². The fourth-order valence-electron chi connectivity index (χ4n) is 3.58. The maximum Gasteiger partial charge on any atom is 0.323 e. The van der Waals surface area contributed by atoms with E-state index in [9.17, 15) is 9.59 Å². The summed E-state index contributed by atoms with van der Waals surface area (Å²) < 4.78 is 0.979. The summed E-state index contributed by atoms with van der Waals surface area (Å²) in [4.78, 5) is 36.6. The molecular formula is C19H17N5O2S. The van der Waals surface area contributed by atoms with E-state index < -0.39 is 0 Å². The summed E-state index contributed by atoms with van der Waals surface area (Å²) in [6.07, 6.45) is 2.24. The van der Waals surface area contributed by atoms with Crippen LogP contribution in [0.15, 0.2) is 40.6 Å². The summed E-state index contributed by atoms with van der Waals surface area (Å²) in [5.74, 6) is -0.178. The van der Waals surface area contributed by atoms with Crippen molar-refractivity contribution >= 4 is 49.9 Å². The number of carbonyl (C=O) groups excluding carboxylic acids is 1. The van der Waals surface area contributed by atoms with E-state index in [4.69, 9.17) is 0 Å². The lowest BCUT2D eigenvalue weighted by Gasteiger charge is -2.22. The third-order valence-electron chi connectivity index (χ3n) is 4.92. The number of aromatic amines is 2. The first-order valence-electron chi connectivity index (χ1n) is 8.83. The number of nitrogens with zero attached hydrogens (tertiary/aromatic N) is 2. The molecule has 136 valence electrons. The van der Waals surface area contributed by atoms with Crippen LogP contribution in [0.25, 0.3) is 21.3 Å². The van der Waals surface area contributed by atoms with Crippen molar-refractivity contribution in [3.63, 3.8) is 0 Å². The molecule has 2 aromatic carbocycles. The zero-order valence-electron chi connectivity index (χ0n) is 14.4. The van der Waals surface area contributed by atoms with Gasteiger partial charge in [-0.2, -0.15) is 0 Å². The van der Waals surface area contributed by atoms with Crippen molar-refractivity contribution in [1.82, 2.24) is 15.0 Å². The molecule has 5 rings (SSSR count). The van der Waals surface area contributed by atoms with Crippen LogP contribution in [0.5, 0.6) is 0 Å². The molecule has 8 heteroatoms. The summed E-state index contributed by atoms with van der Waals surface area (Å²) in [7, 11) is 0. The molecule has 2 aromatic heterocycles. The Morgan fingerprint density at radius 2 is 1.89 bits per heavy atom. The molecule has 0 atom stereocenters. The normalized spacial score (nSPS) is 14.3. The average Bonchev–Trinajstić information content (AvgIpc) is 3.40. The summed E-state index contributed by atoms with van der Waals surface area (Å²) in [6, 6.07) is 9.25. The first-order chi connectivity index (χ1) is 13.2. The van der Waals surface area contributed by atoms with Gasteiger partial charge in [-0.15, -0.1) is 11.3 Å². The van der Waals surface area contributed by atoms with E-state index >= 15 is 0 Å². The van der Waals surface area contributed by atoms with Crippen molar-refractivity contribution in [2.24, 2.45) is 0 Å². The first kappa shape index (κ1) is 16.1. The SMILES string of the molecule is O=C(Nc1cc2[nH]c(=O)[nH]c2cc1N1CCCC1)c1ccc2ncsc2c1. The maximum atomic E-state index is 12.9. The second-order valence-electron chi connectivity index (χ2n) is 6.68. The summed E-state index contributed by atoms with van der Waals surface area (Å²) in [6.45, 7) is 1.88. The van der Waals surface area contributed by atoms with E-state index in [1.807, 2.05) is 24.3 Å². The highest BCUT2D eigenvalue weighted by molar-refractivity contribution is 7.16. The van der Waals surface area contributed by atoms with Crippen LogP contribution >= 0.6 is 11.3 Å². The van der Waals surface area contributed by atoms with Crippen molar-refractivity contribution in [3.8, 4) is 0 Å². The Balaban J connectivity index is 1.54. The van der Waals surface area contributed by atoms with Crippen molar-refractivity contribution in [1.29, 1.82) is 0 Å². The Morgan fingerprint density at radius 1 is 1.11 bits per heavy atom. The summed E-state index contributed by atoms with van der Waals surface area (Å²) >= 11 is 1.51. The van der Waals surface area contributed by atoms with Crippen LogP contribution in [0.2, 0.25) is 0 Å². The number of aromatic nitrogens is 3. The van der Waals surface area contributed by atoms with Crippen LogP contribution in [-0.2, 0) is 0 Å². The standard InChI is InChI=1S/C19H17N5O2S/c25-18(11-3-4-12-17(7-11)27-10-20-12)21-15-8-13-14(23-19(26)22-13)9-16(15)24-5-1-2-6-24/h3-4,7-10H,1-2,5-6H2,(H,21,25)(H2,22,23,26). The molecule has 7 nitrogen and oxygen atoms in total. The molecule has 1 saturated heterocycles. The molecule has 1 aliphatic rings. The fourth-order valence-corrected chi connectivity index (χ4v) is 4.30. The molecule has 1 amide bonds. The van der Waals surface area contributed by atoms with Gasteiger partial charge in [0.15, 0.2) is 0 Å². The number of H-pyrrole nitrogens is 2. The highest BCUT2D eigenvalue weighted by Crippen LogP contribution is 2.32. The monoisotopic (exact) mass is 379 g/mol. The Labute approximate surface area is 158 Å². The molecule has 3 N–H and O–H groups in total. The molecule has 27 heavy (non-hydrogen) atoms. The number of hydrogen-bond acceptors (Lipinski definition) is 5. The first-order valence-corrected chi connectivity index (χ1v) is 9.71. The van der Waals surface area contributed by atoms with Crippen molar-refractivity contribution in [3.05, 3.63) is 51.9 Å². The number of anilines is 2. The number of amides is 1. The number of hydrogen-bond donors (Lipinski definition) is 3. The van der Waals surface area contributed by atoms with Crippen LogP contribution in [-0.4, -0.2) is 33.9 Å². The number of benzene rings is 2. The van der Waals surface area contributed by atoms with Gasteiger partial charge in [0.2, 0.25) is 0 Å². The Morgan fingerprint density at radius 3 is 2.70 bits per heavy atom. The van der Waals surface area contributed by atoms with Gasteiger partial charge < -0.3 is 20.2 Å². The Hall–Kier alpha value is -3.13. The topological polar surface area (TPSA) is 93.9 Å². The van der Waals surface area contributed by atoms with Gasteiger partial charge in [-0.3, -0.25) is 4.79 Å². The number of imidazole rings is 1. The molecule has 0 spiro atoms. The minimum Gasteiger partial charge on any atom is -0.370 e. The second-order valence-corrected chi connectivity index (χ2v) is 7.56. The van der Waals surface area contributed by atoms with Crippen LogP contribution in [0.4, 0.5) is 11.4 Å². The van der Waals surface area contributed by atoms with Crippen LogP contribution < -0.4 is 15.9 Å². The third-order valence-corrected chi connectivity index (χ3v) is 5.71. The van der Waals surface area contributed by atoms with Gasteiger partial charge in [-0.1, -0.05) is 0 Å². The lowest BCUT2D eigenvalue weighted by molar-refractivity contribution is 0.102.